The number of aromatic hydroxyl groups is 1. The molecule has 1 N–H and O–H groups in total. The highest BCUT2D eigenvalue weighted by Gasteiger charge is 2.19. The van der Waals surface area contributed by atoms with E-state index < -0.39 is 0 Å². The molecule has 0 fully saturated rings. The van der Waals surface area contributed by atoms with Gasteiger partial charge in [-0.15, -0.1) is 0 Å². The van der Waals surface area contributed by atoms with Crippen molar-refractivity contribution in [3.63, 3.8) is 0 Å². The van der Waals surface area contributed by atoms with Crippen LogP contribution in [0.15, 0.2) is 18.2 Å². The Labute approximate surface area is 143 Å². The van der Waals surface area contributed by atoms with Gasteiger partial charge in [0.1, 0.15) is 5.75 Å². The molecule has 22 heavy (non-hydrogen) atoms. The van der Waals surface area contributed by atoms with Crippen LogP contribution in [0.4, 0.5) is 0 Å². The van der Waals surface area contributed by atoms with E-state index in [0.29, 0.717) is 5.56 Å². The Morgan fingerprint density at radius 3 is 2.32 bits per heavy atom. The number of hydrogen-bond acceptors (Lipinski definition) is 2. The summed E-state index contributed by atoms with van der Waals surface area (Å²) in [5.41, 5.74) is 1.43. The summed E-state index contributed by atoms with van der Waals surface area (Å²) in [5, 5.41) is 9.82. The standard InChI is InChI=1S/C19H29BrO2/c1-3-4-5-6-7-8-9-10-11-17(20)19(22)16-14-15(2)12-13-18(16)21/h12-14,17,21H,3-11H2,1-2H3. The van der Waals surface area contributed by atoms with E-state index in [0.717, 1.165) is 18.4 Å². The van der Waals surface area contributed by atoms with Gasteiger partial charge >= 0.3 is 0 Å². The van der Waals surface area contributed by atoms with Crippen molar-refractivity contribution >= 4 is 21.7 Å². The zero-order valence-corrected chi connectivity index (χ0v) is 15.5. The lowest BCUT2D eigenvalue weighted by molar-refractivity contribution is 0.0985. The number of ketones is 1. The second-order valence-electron chi connectivity index (χ2n) is 6.12. The zero-order chi connectivity index (χ0) is 16.4. The summed E-state index contributed by atoms with van der Waals surface area (Å²) < 4.78 is 0. The van der Waals surface area contributed by atoms with Gasteiger partial charge in [0.25, 0.3) is 0 Å². The fraction of sp³-hybridized carbons (Fsp3) is 0.632. The van der Waals surface area contributed by atoms with E-state index in [1.165, 1.54) is 44.9 Å². The van der Waals surface area contributed by atoms with Crippen LogP contribution in [0.2, 0.25) is 0 Å². The second-order valence-corrected chi connectivity index (χ2v) is 7.22. The van der Waals surface area contributed by atoms with Crippen LogP contribution < -0.4 is 0 Å². The predicted octanol–water partition coefficient (Wildman–Crippen LogP) is 6.18. The summed E-state index contributed by atoms with van der Waals surface area (Å²) in [5.74, 6) is 0.0696. The van der Waals surface area contributed by atoms with Crippen LogP contribution in [0, 0.1) is 6.92 Å². The normalized spacial score (nSPS) is 12.3. The van der Waals surface area contributed by atoms with Gasteiger partial charge in [0, 0.05) is 0 Å². The van der Waals surface area contributed by atoms with Crippen molar-refractivity contribution in [3.05, 3.63) is 29.3 Å². The van der Waals surface area contributed by atoms with Crippen LogP contribution in [-0.2, 0) is 0 Å². The third-order valence-electron chi connectivity index (χ3n) is 4.01. The fourth-order valence-electron chi connectivity index (χ4n) is 2.60. The molecule has 3 heteroatoms. The largest absolute Gasteiger partial charge is 0.507 e. The van der Waals surface area contributed by atoms with Crippen LogP contribution >= 0.6 is 15.9 Å². The number of alkyl halides is 1. The molecule has 1 aromatic carbocycles. The Balaban J connectivity index is 2.26. The molecule has 0 aliphatic carbocycles. The molecule has 0 saturated carbocycles. The molecule has 0 aliphatic rings. The lowest BCUT2D eigenvalue weighted by Gasteiger charge is -2.11. The fourth-order valence-corrected chi connectivity index (χ4v) is 3.17. The first kappa shape index (κ1) is 19.2. The number of rotatable bonds is 11. The Morgan fingerprint density at radius 2 is 1.68 bits per heavy atom. The minimum atomic E-state index is -0.194. The summed E-state index contributed by atoms with van der Waals surface area (Å²) in [6, 6.07) is 5.17. The van der Waals surface area contributed by atoms with Gasteiger partial charge < -0.3 is 5.11 Å². The minimum Gasteiger partial charge on any atom is -0.507 e. The van der Waals surface area contributed by atoms with Crippen molar-refractivity contribution in [2.45, 2.75) is 76.5 Å². The van der Waals surface area contributed by atoms with Crippen LogP contribution in [-0.4, -0.2) is 15.7 Å². The molecule has 0 amide bonds. The molecule has 0 aliphatic heterocycles. The Hall–Kier alpha value is -0.830. The van der Waals surface area contributed by atoms with Gasteiger partial charge in [-0.05, 0) is 25.5 Å². The van der Waals surface area contributed by atoms with Crippen molar-refractivity contribution < 1.29 is 9.90 Å². The quantitative estimate of drug-likeness (QED) is 0.287. The summed E-state index contributed by atoms with van der Waals surface area (Å²) in [6.45, 7) is 4.16. The van der Waals surface area contributed by atoms with Crippen molar-refractivity contribution in [2.75, 3.05) is 0 Å². The summed E-state index contributed by atoms with van der Waals surface area (Å²) >= 11 is 3.48. The Bertz CT molecular complexity index is 457. The number of Topliss-reactive ketones (excluding diaryl/α,β-unsaturated/α-hetero) is 1. The summed E-state index contributed by atoms with van der Waals surface area (Å²) in [4.78, 5) is 12.2. The molecule has 1 atom stereocenters. The van der Waals surface area contributed by atoms with Crippen LogP contribution in [0.25, 0.3) is 0 Å². The van der Waals surface area contributed by atoms with Gasteiger partial charge in [0.15, 0.2) is 5.78 Å². The lowest BCUT2D eigenvalue weighted by atomic mass is 10.0. The number of benzene rings is 1. The average Bonchev–Trinajstić information content (AvgIpc) is 2.51. The van der Waals surface area contributed by atoms with Gasteiger partial charge in [0.2, 0.25) is 0 Å². The van der Waals surface area contributed by atoms with E-state index in [9.17, 15) is 9.90 Å². The van der Waals surface area contributed by atoms with E-state index in [1.54, 1.807) is 12.1 Å². The van der Waals surface area contributed by atoms with Crippen molar-refractivity contribution in [3.8, 4) is 5.75 Å². The SMILES string of the molecule is CCCCCCCCCCC(Br)C(=O)c1cc(C)ccc1O. The molecule has 0 bridgehead atoms. The number of hydrogen-bond donors (Lipinski definition) is 1. The van der Waals surface area contributed by atoms with E-state index >= 15 is 0 Å². The number of unbranched alkanes of at least 4 members (excludes halogenated alkanes) is 7. The highest BCUT2D eigenvalue weighted by Crippen LogP contribution is 2.24. The number of carbonyl (C=O) groups is 1. The molecular formula is C19H29BrO2. The number of halogens is 1. The topological polar surface area (TPSA) is 37.3 Å². The van der Waals surface area contributed by atoms with Gasteiger partial charge in [0.05, 0.1) is 10.4 Å². The number of phenolic OH excluding ortho intramolecular Hbond substituents is 1. The molecule has 0 heterocycles. The highest BCUT2D eigenvalue weighted by molar-refractivity contribution is 9.10. The zero-order valence-electron chi connectivity index (χ0n) is 13.9. The predicted molar refractivity (Wildman–Crippen MR) is 97.1 cm³/mol. The maximum absolute atomic E-state index is 12.3. The molecule has 2 nitrogen and oxygen atoms in total. The minimum absolute atomic E-state index is 0.0101. The summed E-state index contributed by atoms with van der Waals surface area (Å²) in [7, 11) is 0. The average molecular weight is 369 g/mol. The number of aryl methyl sites for hydroxylation is 1. The van der Waals surface area contributed by atoms with Crippen molar-refractivity contribution in [2.24, 2.45) is 0 Å². The van der Waals surface area contributed by atoms with Crippen LogP contribution in [0.5, 0.6) is 5.75 Å². The summed E-state index contributed by atoms with van der Waals surface area (Å²) in [6.07, 6.45) is 11.0. The molecule has 1 rings (SSSR count). The first-order valence-electron chi connectivity index (χ1n) is 8.54. The van der Waals surface area contributed by atoms with Gasteiger partial charge in [-0.1, -0.05) is 85.9 Å². The van der Waals surface area contributed by atoms with Crippen LogP contribution in [0.3, 0.4) is 0 Å². The first-order chi connectivity index (χ1) is 10.6. The Morgan fingerprint density at radius 1 is 1.09 bits per heavy atom. The smallest absolute Gasteiger partial charge is 0.180 e. The molecule has 0 aromatic heterocycles. The van der Waals surface area contributed by atoms with Gasteiger partial charge in [-0.25, -0.2) is 0 Å². The van der Waals surface area contributed by atoms with E-state index in [-0.39, 0.29) is 16.4 Å². The third-order valence-corrected chi connectivity index (χ3v) is 4.89. The maximum Gasteiger partial charge on any atom is 0.180 e. The molecule has 1 aromatic rings. The molecule has 124 valence electrons. The molecule has 0 radical (unpaired) electrons. The van der Waals surface area contributed by atoms with Crippen molar-refractivity contribution in [1.29, 1.82) is 0 Å². The Kier molecular flexibility index (Phi) is 9.45. The van der Waals surface area contributed by atoms with E-state index in [2.05, 4.69) is 22.9 Å². The van der Waals surface area contributed by atoms with Gasteiger partial charge in [-0.2, -0.15) is 0 Å². The monoisotopic (exact) mass is 368 g/mol. The van der Waals surface area contributed by atoms with E-state index in [1.807, 2.05) is 13.0 Å². The second kappa shape index (κ2) is 10.8. The first-order valence-corrected chi connectivity index (χ1v) is 9.45. The third kappa shape index (κ3) is 6.95. The number of carbonyl (C=O) groups excluding carboxylic acids is 1. The van der Waals surface area contributed by atoms with Crippen molar-refractivity contribution in [1.82, 2.24) is 0 Å². The lowest BCUT2D eigenvalue weighted by Crippen LogP contribution is -2.14. The van der Waals surface area contributed by atoms with E-state index in [4.69, 9.17) is 0 Å². The highest BCUT2D eigenvalue weighted by atomic mass is 79.9. The van der Waals surface area contributed by atoms with Crippen LogP contribution in [0.1, 0.15) is 80.6 Å². The molecular weight excluding hydrogens is 340 g/mol. The molecule has 0 spiro atoms. The molecule has 0 saturated heterocycles. The molecule has 1 unspecified atom stereocenters. The number of phenols is 1. The van der Waals surface area contributed by atoms with Gasteiger partial charge in [-0.3, -0.25) is 4.79 Å². The maximum atomic E-state index is 12.3.